The van der Waals surface area contributed by atoms with Gasteiger partial charge in [0.2, 0.25) is 0 Å². The normalized spacial score (nSPS) is 35.9. The predicted octanol–water partition coefficient (Wildman–Crippen LogP) is 6.27. The van der Waals surface area contributed by atoms with Gasteiger partial charge in [0.1, 0.15) is 8.24 Å². The van der Waals surface area contributed by atoms with Crippen molar-refractivity contribution in [3.05, 3.63) is 24.3 Å². The maximum absolute atomic E-state index is 4.36. The third kappa shape index (κ3) is 4.84. The summed E-state index contributed by atoms with van der Waals surface area (Å²) in [5.74, 6) is 1.55. The molecule has 0 aromatic carbocycles. The number of nitrogens with one attached hydrogen (secondary N) is 1. The summed E-state index contributed by atoms with van der Waals surface area (Å²) in [6.45, 7) is 8.00. The molecule has 0 bridgehead atoms. The van der Waals surface area contributed by atoms with Crippen molar-refractivity contribution in [3.8, 4) is 0 Å². The lowest BCUT2D eigenvalue weighted by molar-refractivity contribution is 0.210. The first-order valence-electron chi connectivity index (χ1n) is 12.5. The van der Waals surface area contributed by atoms with Gasteiger partial charge in [-0.3, -0.25) is 4.90 Å². The smallest absolute Gasteiger partial charge is 0.123 e. The van der Waals surface area contributed by atoms with Crippen LogP contribution >= 0.6 is 0 Å². The standard InChI is InChI=1S/C25H44N2Si/c1-28(2,26-21-14-8-6-4-3-5-7-9-15-21)25-20-24(27-18-12-13-19-27)22-16-10-11-17-23(22)25/h10-11,16-17,21-26H,3-9,12-15,18-20H2,1-2H3. The summed E-state index contributed by atoms with van der Waals surface area (Å²) in [5.41, 5.74) is 0.889. The highest BCUT2D eigenvalue weighted by atomic mass is 28.3. The first-order valence-corrected chi connectivity index (χ1v) is 15.6. The lowest BCUT2D eigenvalue weighted by Crippen LogP contribution is -2.54. The van der Waals surface area contributed by atoms with Crippen LogP contribution in [0.2, 0.25) is 18.6 Å². The van der Waals surface area contributed by atoms with Crippen molar-refractivity contribution in [2.45, 2.75) is 108 Å². The average molecular weight is 401 g/mol. The molecule has 0 spiro atoms. The van der Waals surface area contributed by atoms with Gasteiger partial charge < -0.3 is 4.98 Å². The Bertz CT molecular complexity index is 539. The Balaban J connectivity index is 1.44. The Hall–Kier alpha value is -0.383. The molecule has 3 heteroatoms. The van der Waals surface area contributed by atoms with E-state index in [1.54, 1.807) is 0 Å². The quantitative estimate of drug-likeness (QED) is 0.559. The van der Waals surface area contributed by atoms with Gasteiger partial charge in [-0.05, 0) is 62.6 Å². The van der Waals surface area contributed by atoms with Crippen molar-refractivity contribution in [2.24, 2.45) is 11.8 Å². The van der Waals surface area contributed by atoms with Crippen molar-refractivity contribution in [1.82, 2.24) is 9.88 Å². The first kappa shape index (κ1) is 20.9. The van der Waals surface area contributed by atoms with Gasteiger partial charge >= 0.3 is 0 Å². The second-order valence-electron chi connectivity index (χ2n) is 10.7. The molecule has 1 N–H and O–H groups in total. The van der Waals surface area contributed by atoms with Crippen LogP contribution in [0.3, 0.4) is 0 Å². The molecule has 0 aromatic rings. The molecule has 4 aliphatic rings. The molecule has 4 rings (SSSR count). The Morgan fingerprint density at radius 2 is 1.32 bits per heavy atom. The molecule has 0 radical (unpaired) electrons. The molecule has 3 fully saturated rings. The van der Waals surface area contributed by atoms with Crippen molar-refractivity contribution in [1.29, 1.82) is 0 Å². The van der Waals surface area contributed by atoms with E-state index in [4.69, 9.17) is 0 Å². The lowest BCUT2D eigenvalue weighted by atomic mass is 9.89. The van der Waals surface area contributed by atoms with Crippen molar-refractivity contribution in [2.75, 3.05) is 13.1 Å². The van der Waals surface area contributed by atoms with E-state index in [1.165, 1.54) is 90.1 Å². The summed E-state index contributed by atoms with van der Waals surface area (Å²) >= 11 is 0. The molecular formula is C25H44N2Si. The van der Waals surface area contributed by atoms with Crippen LogP contribution in [0.4, 0.5) is 0 Å². The highest BCUT2D eigenvalue weighted by molar-refractivity contribution is 6.76. The SMILES string of the molecule is C[Si](C)(NC1CCCCCCCCC1)C1CC(N2CCCC2)C2C=CC=CC21. The van der Waals surface area contributed by atoms with E-state index in [0.717, 1.165) is 29.5 Å². The zero-order valence-corrected chi connectivity index (χ0v) is 19.5. The minimum absolute atomic E-state index is 0.769. The van der Waals surface area contributed by atoms with Crippen LogP contribution in [0, 0.1) is 11.8 Å². The van der Waals surface area contributed by atoms with Crippen LogP contribution in [-0.2, 0) is 0 Å². The van der Waals surface area contributed by atoms with Gasteiger partial charge in [-0.15, -0.1) is 0 Å². The fourth-order valence-electron chi connectivity index (χ4n) is 6.83. The Morgan fingerprint density at radius 1 is 0.750 bits per heavy atom. The summed E-state index contributed by atoms with van der Waals surface area (Å²) in [7, 11) is -1.49. The van der Waals surface area contributed by atoms with Crippen molar-refractivity contribution in [3.63, 3.8) is 0 Å². The Morgan fingerprint density at radius 3 is 1.96 bits per heavy atom. The third-order valence-electron chi connectivity index (χ3n) is 8.34. The zero-order valence-electron chi connectivity index (χ0n) is 18.5. The fourth-order valence-corrected chi connectivity index (χ4v) is 10.5. The number of nitrogens with zero attached hydrogens (tertiary/aromatic N) is 1. The first-order chi connectivity index (χ1) is 13.6. The third-order valence-corrected chi connectivity index (χ3v) is 12.0. The number of hydrogen-bond acceptors (Lipinski definition) is 2. The molecule has 28 heavy (non-hydrogen) atoms. The van der Waals surface area contributed by atoms with Crippen molar-refractivity contribution < 1.29 is 0 Å². The molecule has 4 unspecified atom stereocenters. The molecule has 4 atom stereocenters. The van der Waals surface area contributed by atoms with E-state index in [0.29, 0.717) is 0 Å². The van der Waals surface area contributed by atoms with Crippen LogP contribution in [0.1, 0.15) is 77.0 Å². The predicted molar refractivity (Wildman–Crippen MR) is 124 cm³/mol. The van der Waals surface area contributed by atoms with E-state index in [2.05, 4.69) is 47.3 Å². The van der Waals surface area contributed by atoms with E-state index in [-0.39, 0.29) is 0 Å². The second-order valence-corrected chi connectivity index (χ2v) is 15.2. The second kappa shape index (κ2) is 9.62. The van der Waals surface area contributed by atoms with Crippen LogP contribution in [0.15, 0.2) is 24.3 Å². The van der Waals surface area contributed by atoms with Gasteiger partial charge in [0.15, 0.2) is 0 Å². The van der Waals surface area contributed by atoms with Gasteiger partial charge in [0.05, 0.1) is 0 Å². The largest absolute Gasteiger partial charge is 0.334 e. The summed E-state index contributed by atoms with van der Waals surface area (Å²) < 4.78 is 0. The molecule has 3 aliphatic carbocycles. The maximum atomic E-state index is 4.36. The minimum Gasteiger partial charge on any atom is -0.334 e. The monoisotopic (exact) mass is 400 g/mol. The van der Waals surface area contributed by atoms with Crippen molar-refractivity contribution >= 4 is 8.24 Å². The van der Waals surface area contributed by atoms with Gasteiger partial charge in [0.25, 0.3) is 0 Å². The Kier molecular flexibility index (Phi) is 7.17. The number of hydrogen-bond donors (Lipinski definition) is 1. The molecule has 2 saturated carbocycles. The van der Waals surface area contributed by atoms with Crippen LogP contribution in [0.25, 0.3) is 0 Å². The van der Waals surface area contributed by atoms with E-state index >= 15 is 0 Å². The zero-order chi connectivity index (χ0) is 19.4. The molecule has 2 nitrogen and oxygen atoms in total. The molecule has 158 valence electrons. The summed E-state index contributed by atoms with van der Waals surface area (Å²) in [4.78, 5) is 7.20. The highest BCUT2D eigenvalue weighted by Gasteiger charge is 2.50. The summed E-state index contributed by atoms with van der Waals surface area (Å²) in [6.07, 6.45) is 27.1. The van der Waals surface area contributed by atoms with Gasteiger partial charge in [0, 0.05) is 12.1 Å². The molecule has 0 aromatic heterocycles. The van der Waals surface area contributed by atoms with Gasteiger partial charge in [-0.2, -0.15) is 0 Å². The van der Waals surface area contributed by atoms with Crippen LogP contribution < -0.4 is 4.98 Å². The van der Waals surface area contributed by atoms with E-state index < -0.39 is 8.24 Å². The lowest BCUT2D eigenvalue weighted by Gasteiger charge is -2.38. The number of rotatable bonds is 4. The highest BCUT2D eigenvalue weighted by Crippen LogP contribution is 2.51. The van der Waals surface area contributed by atoms with Gasteiger partial charge in [-0.25, -0.2) is 0 Å². The number of allylic oxidation sites excluding steroid dienone is 3. The summed E-state index contributed by atoms with van der Waals surface area (Å²) in [6, 6.07) is 1.59. The molecule has 1 aliphatic heterocycles. The Labute approximate surface area is 175 Å². The topological polar surface area (TPSA) is 15.3 Å². The maximum Gasteiger partial charge on any atom is 0.123 e. The number of fused-ring (bicyclic) bond motifs is 1. The van der Waals surface area contributed by atoms with E-state index in [9.17, 15) is 0 Å². The number of likely N-dealkylation sites (tertiary alicyclic amines) is 1. The molecule has 0 amide bonds. The van der Waals surface area contributed by atoms with Crippen LogP contribution in [0.5, 0.6) is 0 Å². The van der Waals surface area contributed by atoms with Crippen LogP contribution in [-0.4, -0.2) is 38.3 Å². The van der Waals surface area contributed by atoms with Gasteiger partial charge in [-0.1, -0.05) is 82.3 Å². The summed E-state index contributed by atoms with van der Waals surface area (Å²) in [5, 5.41) is 0. The van der Waals surface area contributed by atoms with E-state index in [1.807, 2.05) is 0 Å². The fraction of sp³-hybridized carbons (Fsp3) is 0.840. The minimum atomic E-state index is -1.49. The molecular weight excluding hydrogens is 356 g/mol. The molecule has 1 heterocycles. The molecule has 1 saturated heterocycles. The average Bonchev–Trinajstić information content (AvgIpc) is 3.34.